The molecule has 0 saturated heterocycles. The van der Waals surface area contributed by atoms with Crippen LogP contribution in [0.5, 0.6) is 0 Å². The van der Waals surface area contributed by atoms with Crippen LogP contribution in [0.25, 0.3) is 0 Å². The number of nitrogens with one attached hydrogen (secondary N) is 2. The summed E-state index contributed by atoms with van der Waals surface area (Å²) in [6, 6.07) is 7.52. The van der Waals surface area contributed by atoms with Crippen molar-refractivity contribution in [3.05, 3.63) is 50.9 Å². The average Bonchev–Trinajstić information content (AvgIpc) is 2.80. The minimum absolute atomic E-state index is 0.366. The molecule has 0 unspecified atom stereocenters. The summed E-state index contributed by atoms with van der Waals surface area (Å²) in [5.74, 6) is -0.366. The highest BCUT2D eigenvalue weighted by atomic mass is 35.5. The van der Waals surface area contributed by atoms with Gasteiger partial charge in [0.05, 0.1) is 12.7 Å². The van der Waals surface area contributed by atoms with Gasteiger partial charge in [0.1, 0.15) is 5.00 Å². The first kappa shape index (κ1) is 17.7. The molecule has 0 bridgehead atoms. The number of hydrogen-bond acceptors (Lipinski definition) is 4. The predicted octanol–water partition coefficient (Wildman–Crippen LogP) is 4.29. The van der Waals surface area contributed by atoms with Crippen molar-refractivity contribution < 1.29 is 9.53 Å². The molecule has 0 fully saturated rings. The molecular formula is C16H17ClN2O2S2. The zero-order chi connectivity index (χ0) is 17.0. The molecule has 2 rings (SSSR count). The largest absolute Gasteiger partial charge is 0.465 e. The summed E-state index contributed by atoms with van der Waals surface area (Å²) in [5.41, 5.74) is 2.50. The van der Waals surface area contributed by atoms with Gasteiger partial charge >= 0.3 is 5.97 Å². The Morgan fingerprint density at radius 1 is 1.30 bits per heavy atom. The molecule has 0 aliphatic heterocycles. The molecule has 1 aromatic carbocycles. The van der Waals surface area contributed by atoms with E-state index in [1.807, 2.05) is 38.1 Å². The molecule has 0 aliphatic carbocycles. The SMILES string of the molecule is COC(=O)c1c(NC(=S)NCc2ccc(Cl)cc2)sc(C)c1C. The maximum absolute atomic E-state index is 11.9. The number of thiocarbonyl (C=S) groups is 1. The first-order valence-corrected chi connectivity index (χ1v) is 8.50. The Balaban J connectivity index is 2.04. The van der Waals surface area contributed by atoms with E-state index in [4.69, 9.17) is 28.6 Å². The normalized spacial score (nSPS) is 10.3. The molecule has 23 heavy (non-hydrogen) atoms. The minimum atomic E-state index is -0.366. The van der Waals surface area contributed by atoms with Crippen molar-refractivity contribution >= 4 is 51.2 Å². The number of thiophene rings is 1. The molecule has 122 valence electrons. The smallest absolute Gasteiger partial charge is 0.341 e. The van der Waals surface area contributed by atoms with Gasteiger partial charge in [-0.1, -0.05) is 23.7 Å². The molecule has 2 N–H and O–H groups in total. The van der Waals surface area contributed by atoms with Crippen LogP contribution in [0.4, 0.5) is 5.00 Å². The van der Waals surface area contributed by atoms with Crippen LogP contribution >= 0.6 is 35.2 Å². The fraction of sp³-hybridized carbons (Fsp3) is 0.250. The van der Waals surface area contributed by atoms with Crippen molar-refractivity contribution in [2.45, 2.75) is 20.4 Å². The second kappa shape index (κ2) is 7.77. The molecule has 0 spiro atoms. The molecule has 1 aromatic heterocycles. The lowest BCUT2D eigenvalue weighted by Crippen LogP contribution is -2.28. The first-order valence-electron chi connectivity index (χ1n) is 6.90. The number of aryl methyl sites for hydroxylation is 1. The predicted molar refractivity (Wildman–Crippen MR) is 99.6 cm³/mol. The summed E-state index contributed by atoms with van der Waals surface area (Å²) in [6.07, 6.45) is 0. The zero-order valence-corrected chi connectivity index (χ0v) is 15.4. The van der Waals surface area contributed by atoms with E-state index in [0.29, 0.717) is 27.2 Å². The summed E-state index contributed by atoms with van der Waals surface area (Å²) >= 11 is 12.6. The third-order valence-electron chi connectivity index (χ3n) is 3.37. The van der Waals surface area contributed by atoms with Crippen molar-refractivity contribution in [3.63, 3.8) is 0 Å². The monoisotopic (exact) mass is 368 g/mol. The van der Waals surface area contributed by atoms with Gasteiger partial charge in [-0.25, -0.2) is 4.79 Å². The lowest BCUT2D eigenvalue weighted by Gasteiger charge is -2.11. The Morgan fingerprint density at radius 3 is 2.57 bits per heavy atom. The van der Waals surface area contributed by atoms with Crippen LogP contribution in [0, 0.1) is 13.8 Å². The minimum Gasteiger partial charge on any atom is -0.465 e. The van der Waals surface area contributed by atoms with Crippen molar-refractivity contribution in [2.75, 3.05) is 12.4 Å². The van der Waals surface area contributed by atoms with Crippen LogP contribution in [0.1, 0.15) is 26.4 Å². The van der Waals surface area contributed by atoms with Gasteiger partial charge in [-0.05, 0) is 49.3 Å². The Labute approximate surface area is 149 Å². The molecule has 4 nitrogen and oxygen atoms in total. The quantitative estimate of drug-likeness (QED) is 0.622. The van der Waals surface area contributed by atoms with Crippen molar-refractivity contribution in [2.24, 2.45) is 0 Å². The lowest BCUT2D eigenvalue weighted by atomic mass is 10.1. The van der Waals surface area contributed by atoms with Crippen LogP contribution < -0.4 is 10.6 Å². The van der Waals surface area contributed by atoms with E-state index < -0.39 is 0 Å². The van der Waals surface area contributed by atoms with E-state index >= 15 is 0 Å². The number of benzene rings is 1. The maximum Gasteiger partial charge on any atom is 0.341 e. The van der Waals surface area contributed by atoms with Gasteiger partial charge in [-0.2, -0.15) is 0 Å². The fourth-order valence-corrected chi connectivity index (χ4v) is 3.41. The molecule has 0 radical (unpaired) electrons. The van der Waals surface area contributed by atoms with E-state index in [9.17, 15) is 4.79 Å². The summed E-state index contributed by atoms with van der Waals surface area (Å²) in [7, 11) is 1.37. The van der Waals surface area contributed by atoms with Gasteiger partial charge in [0, 0.05) is 16.4 Å². The van der Waals surface area contributed by atoms with Crippen molar-refractivity contribution in [1.29, 1.82) is 0 Å². The van der Waals surface area contributed by atoms with E-state index in [2.05, 4.69) is 10.6 Å². The number of hydrogen-bond donors (Lipinski definition) is 2. The van der Waals surface area contributed by atoms with Gasteiger partial charge in [-0.15, -0.1) is 11.3 Å². The van der Waals surface area contributed by atoms with Crippen LogP contribution in [0.2, 0.25) is 5.02 Å². The number of anilines is 1. The molecule has 0 atom stereocenters. The molecule has 0 saturated carbocycles. The summed E-state index contributed by atoms with van der Waals surface area (Å²) < 4.78 is 4.84. The lowest BCUT2D eigenvalue weighted by molar-refractivity contribution is 0.0601. The molecule has 1 heterocycles. The van der Waals surface area contributed by atoms with Crippen molar-refractivity contribution in [1.82, 2.24) is 5.32 Å². The molecule has 7 heteroatoms. The highest BCUT2D eigenvalue weighted by molar-refractivity contribution is 7.80. The van der Waals surface area contributed by atoms with Crippen molar-refractivity contribution in [3.8, 4) is 0 Å². The highest BCUT2D eigenvalue weighted by Gasteiger charge is 2.20. The molecule has 2 aromatic rings. The third kappa shape index (κ3) is 4.43. The number of ether oxygens (including phenoxy) is 1. The fourth-order valence-electron chi connectivity index (χ4n) is 1.99. The Morgan fingerprint density at radius 2 is 1.96 bits per heavy atom. The Bertz CT molecular complexity index is 726. The second-order valence-electron chi connectivity index (χ2n) is 4.91. The molecule has 0 amide bonds. The first-order chi connectivity index (χ1) is 10.9. The highest BCUT2D eigenvalue weighted by Crippen LogP contribution is 2.32. The topological polar surface area (TPSA) is 50.4 Å². The maximum atomic E-state index is 11.9. The number of halogens is 1. The Hall–Kier alpha value is -1.63. The standard InChI is InChI=1S/C16H17ClN2O2S2/c1-9-10(2)23-14(13(9)15(20)21-3)19-16(22)18-8-11-4-6-12(17)7-5-11/h4-7H,8H2,1-3H3,(H2,18,19,22). The summed E-state index contributed by atoms with van der Waals surface area (Å²) in [5, 5.41) is 8.03. The Kier molecular flexibility index (Phi) is 5.98. The number of rotatable bonds is 4. The third-order valence-corrected chi connectivity index (χ3v) is 4.99. The van der Waals surface area contributed by atoms with Gasteiger partial charge < -0.3 is 15.4 Å². The number of carbonyl (C=O) groups is 1. The van der Waals surface area contributed by atoms with Crippen LogP contribution in [-0.4, -0.2) is 18.2 Å². The van der Waals surface area contributed by atoms with Crippen LogP contribution in [-0.2, 0) is 11.3 Å². The average molecular weight is 369 g/mol. The van der Waals surface area contributed by atoms with Gasteiger partial charge in [-0.3, -0.25) is 0 Å². The zero-order valence-electron chi connectivity index (χ0n) is 13.0. The molecular weight excluding hydrogens is 352 g/mol. The number of methoxy groups -OCH3 is 1. The van der Waals surface area contributed by atoms with Gasteiger partial charge in [0.15, 0.2) is 5.11 Å². The van der Waals surface area contributed by atoms with E-state index in [1.54, 1.807) is 0 Å². The summed E-state index contributed by atoms with van der Waals surface area (Å²) in [6.45, 7) is 4.43. The number of esters is 1. The molecule has 0 aliphatic rings. The van der Waals surface area contributed by atoms with Gasteiger partial charge in [0.25, 0.3) is 0 Å². The number of carbonyl (C=O) groups excluding carboxylic acids is 1. The summed E-state index contributed by atoms with van der Waals surface area (Å²) in [4.78, 5) is 13.0. The van der Waals surface area contributed by atoms with E-state index in [0.717, 1.165) is 16.0 Å². The van der Waals surface area contributed by atoms with Crippen LogP contribution in [0.3, 0.4) is 0 Å². The van der Waals surface area contributed by atoms with E-state index in [-0.39, 0.29) is 5.97 Å². The second-order valence-corrected chi connectivity index (χ2v) is 6.98. The van der Waals surface area contributed by atoms with Gasteiger partial charge in [0.2, 0.25) is 0 Å². The van der Waals surface area contributed by atoms with Crippen LogP contribution in [0.15, 0.2) is 24.3 Å². The van der Waals surface area contributed by atoms with E-state index in [1.165, 1.54) is 18.4 Å².